The summed E-state index contributed by atoms with van der Waals surface area (Å²) in [7, 11) is 4.13. The molecule has 1 heterocycles. The summed E-state index contributed by atoms with van der Waals surface area (Å²) >= 11 is 1.76. The monoisotopic (exact) mass is 400 g/mol. The Morgan fingerprint density at radius 1 is 0.897 bits per heavy atom. The summed E-state index contributed by atoms with van der Waals surface area (Å²) in [5, 5.41) is 6.79. The average Bonchev–Trinajstić information content (AvgIpc) is 2.93. The molecule has 0 aromatic heterocycles. The van der Waals surface area contributed by atoms with Crippen LogP contribution in [-0.2, 0) is 5.41 Å². The van der Waals surface area contributed by atoms with Crippen molar-refractivity contribution < 1.29 is 4.58 Å². The van der Waals surface area contributed by atoms with Crippen molar-refractivity contribution in [2.45, 2.75) is 29.1 Å². The number of hydrogen-bond donors (Lipinski definition) is 0. The third-order valence-electron chi connectivity index (χ3n) is 5.48. The minimum absolute atomic E-state index is 0.0754. The quantitative estimate of drug-likeness (QED) is 0.299. The first kappa shape index (κ1) is 19.5. The summed E-state index contributed by atoms with van der Waals surface area (Å²) in [4.78, 5) is 2.41. The van der Waals surface area contributed by atoms with Crippen LogP contribution in [0.4, 0.5) is 11.4 Å². The molecule has 0 N–H and O–H groups in total. The summed E-state index contributed by atoms with van der Waals surface area (Å²) in [6, 6.07) is 27.4. The van der Waals surface area contributed by atoms with Crippen LogP contribution in [0.2, 0.25) is 0 Å². The Morgan fingerprint density at radius 3 is 2.31 bits per heavy atom. The molecule has 0 bridgehead atoms. The molecule has 0 atom stereocenters. The van der Waals surface area contributed by atoms with Crippen molar-refractivity contribution in [3.63, 3.8) is 0 Å². The van der Waals surface area contributed by atoms with E-state index in [9.17, 15) is 0 Å². The summed E-state index contributed by atoms with van der Waals surface area (Å²) in [6.07, 6.45) is 2.00. The maximum Gasteiger partial charge on any atom is 0.212 e. The standard InChI is InChI=1S/C25H26N3S/c1-25(2)20-14-8-9-15-21(20)27(3)24(25)18-26-28(4)22-16-10-11-17-23(22)29-19-12-6-5-7-13-19/h5-18H,1-4H3/q+1. The molecule has 0 saturated carbocycles. The van der Waals surface area contributed by atoms with Gasteiger partial charge in [0.2, 0.25) is 11.4 Å². The first-order valence-corrected chi connectivity index (χ1v) is 10.6. The van der Waals surface area contributed by atoms with E-state index in [1.54, 1.807) is 11.8 Å². The highest BCUT2D eigenvalue weighted by Crippen LogP contribution is 2.38. The van der Waals surface area contributed by atoms with Gasteiger partial charge < -0.3 is 0 Å². The second-order valence-electron chi connectivity index (χ2n) is 7.74. The molecule has 0 aliphatic carbocycles. The summed E-state index contributed by atoms with van der Waals surface area (Å²) in [5.41, 5.74) is 4.80. The number of rotatable bonds is 5. The molecular formula is C25H26N3S+. The van der Waals surface area contributed by atoms with E-state index >= 15 is 0 Å². The van der Waals surface area contributed by atoms with Crippen LogP contribution in [0.15, 0.2) is 93.8 Å². The zero-order chi connectivity index (χ0) is 20.4. The number of nitrogens with zero attached hydrogens (tertiary/aromatic N) is 3. The lowest BCUT2D eigenvalue weighted by Crippen LogP contribution is -2.30. The molecule has 0 amide bonds. The molecule has 0 unspecified atom stereocenters. The molecule has 0 spiro atoms. The van der Waals surface area contributed by atoms with Crippen LogP contribution in [0.1, 0.15) is 19.4 Å². The van der Waals surface area contributed by atoms with Gasteiger partial charge in [-0.15, -0.1) is 0 Å². The van der Waals surface area contributed by atoms with E-state index in [0.717, 1.165) is 5.69 Å². The first-order valence-electron chi connectivity index (χ1n) is 9.79. The highest BCUT2D eigenvalue weighted by molar-refractivity contribution is 7.99. The molecule has 1 aliphatic heterocycles. The highest BCUT2D eigenvalue weighted by atomic mass is 32.2. The maximum absolute atomic E-state index is 4.82. The fraction of sp³-hybridized carbons (Fsp3) is 0.200. The van der Waals surface area contributed by atoms with Gasteiger partial charge in [-0.1, -0.05) is 60.3 Å². The van der Waals surface area contributed by atoms with Gasteiger partial charge in [0.25, 0.3) is 0 Å². The highest BCUT2D eigenvalue weighted by Gasteiger charge is 2.43. The van der Waals surface area contributed by atoms with Crippen LogP contribution in [0, 0.1) is 0 Å². The topological polar surface area (TPSA) is 18.6 Å². The lowest BCUT2D eigenvalue weighted by molar-refractivity contribution is -0.400. The molecule has 1 aliphatic rings. The summed E-state index contributed by atoms with van der Waals surface area (Å²) < 4.78 is 2.25. The third-order valence-corrected chi connectivity index (χ3v) is 6.55. The van der Waals surface area contributed by atoms with Gasteiger partial charge in [0, 0.05) is 28.5 Å². The van der Waals surface area contributed by atoms with E-state index in [2.05, 4.69) is 98.3 Å². The van der Waals surface area contributed by atoms with Gasteiger partial charge in [-0.25, -0.2) is 0 Å². The van der Waals surface area contributed by atoms with Crippen molar-refractivity contribution in [1.29, 1.82) is 0 Å². The molecule has 4 heteroatoms. The number of benzene rings is 3. The second kappa shape index (κ2) is 7.88. The molecule has 0 radical (unpaired) electrons. The van der Waals surface area contributed by atoms with Gasteiger partial charge in [0.05, 0.1) is 11.1 Å². The van der Waals surface area contributed by atoms with Crippen LogP contribution in [-0.4, -0.2) is 30.6 Å². The molecule has 4 rings (SSSR count). The largest absolute Gasteiger partial charge is 0.267 e. The van der Waals surface area contributed by atoms with Gasteiger partial charge in [0.1, 0.15) is 13.3 Å². The number of hydrazone groups is 1. The molecular weight excluding hydrogens is 374 g/mol. The lowest BCUT2D eigenvalue weighted by atomic mass is 9.82. The van der Waals surface area contributed by atoms with E-state index in [0.29, 0.717) is 0 Å². The maximum atomic E-state index is 4.82. The Morgan fingerprint density at radius 2 is 1.55 bits per heavy atom. The Balaban J connectivity index is 1.62. The number of fused-ring (bicyclic) bond motifs is 1. The number of para-hydroxylation sites is 2. The predicted molar refractivity (Wildman–Crippen MR) is 124 cm³/mol. The lowest BCUT2D eigenvalue weighted by Gasteiger charge is -2.18. The summed E-state index contributed by atoms with van der Waals surface area (Å²) in [6.45, 7) is 4.52. The Labute approximate surface area is 177 Å². The average molecular weight is 401 g/mol. The van der Waals surface area contributed by atoms with Crippen LogP contribution in [0.5, 0.6) is 0 Å². The van der Waals surface area contributed by atoms with Crippen LogP contribution in [0.3, 0.4) is 0 Å². The zero-order valence-corrected chi connectivity index (χ0v) is 18.1. The van der Waals surface area contributed by atoms with Gasteiger partial charge >= 0.3 is 0 Å². The Bertz CT molecular complexity index is 1080. The second-order valence-corrected chi connectivity index (χ2v) is 8.85. The van der Waals surface area contributed by atoms with Crippen molar-refractivity contribution in [2.75, 3.05) is 19.1 Å². The summed E-state index contributed by atoms with van der Waals surface area (Å²) in [5.74, 6) is 0. The van der Waals surface area contributed by atoms with Crippen LogP contribution < -0.4 is 5.01 Å². The first-order chi connectivity index (χ1) is 14.0. The van der Waals surface area contributed by atoms with Gasteiger partial charge in [-0.05, 0) is 38.1 Å². The van der Waals surface area contributed by atoms with E-state index in [1.807, 2.05) is 24.3 Å². The van der Waals surface area contributed by atoms with Gasteiger partial charge in [0.15, 0.2) is 0 Å². The molecule has 146 valence electrons. The fourth-order valence-electron chi connectivity index (χ4n) is 3.86. The molecule has 3 nitrogen and oxygen atoms in total. The van der Waals surface area contributed by atoms with E-state index in [-0.39, 0.29) is 5.41 Å². The Hall–Kier alpha value is -2.85. The van der Waals surface area contributed by atoms with E-state index in [4.69, 9.17) is 5.10 Å². The zero-order valence-electron chi connectivity index (χ0n) is 17.3. The van der Waals surface area contributed by atoms with Gasteiger partial charge in [-0.2, -0.15) is 9.68 Å². The smallest absolute Gasteiger partial charge is 0.212 e. The normalized spacial score (nSPS) is 15.0. The SMILES string of the molecule is CN(/N=C/C1=[N+](C)c2ccccc2C1(C)C)c1ccccc1Sc1ccccc1. The van der Waals surface area contributed by atoms with Crippen molar-refractivity contribution >= 4 is 35.1 Å². The van der Waals surface area contributed by atoms with Crippen molar-refractivity contribution in [1.82, 2.24) is 0 Å². The third kappa shape index (κ3) is 3.73. The van der Waals surface area contributed by atoms with Crippen molar-refractivity contribution in [2.24, 2.45) is 5.10 Å². The minimum atomic E-state index is -0.0754. The molecule has 0 saturated heterocycles. The number of anilines is 1. The van der Waals surface area contributed by atoms with Crippen molar-refractivity contribution in [3.05, 3.63) is 84.4 Å². The molecule has 3 aromatic rings. The van der Waals surface area contributed by atoms with Crippen molar-refractivity contribution in [3.8, 4) is 0 Å². The minimum Gasteiger partial charge on any atom is -0.267 e. The molecule has 0 fully saturated rings. The van der Waals surface area contributed by atoms with Crippen LogP contribution in [0.25, 0.3) is 0 Å². The predicted octanol–water partition coefficient (Wildman–Crippen LogP) is 5.97. The molecule has 29 heavy (non-hydrogen) atoms. The number of hydrogen-bond acceptors (Lipinski definition) is 3. The van der Waals surface area contributed by atoms with Gasteiger partial charge in [-0.3, -0.25) is 5.01 Å². The Kier molecular flexibility index (Phi) is 5.29. The van der Waals surface area contributed by atoms with Crippen LogP contribution >= 0.6 is 11.8 Å². The molecule has 3 aromatic carbocycles. The van der Waals surface area contributed by atoms with E-state index < -0.39 is 0 Å². The fourth-order valence-corrected chi connectivity index (χ4v) is 4.86. The van der Waals surface area contributed by atoms with E-state index in [1.165, 1.54) is 26.8 Å².